The van der Waals surface area contributed by atoms with Gasteiger partial charge in [-0.15, -0.1) is 0 Å². The average Bonchev–Trinajstić information content (AvgIpc) is 3.03. The molecule has 0 bridgehead atoms. The third-order valence-corrected chi connectivity index (χ3v) is 8.39. The fraction of sp³-hybridized carbons (Fsp3) is 0.467. The number of hydrogen-bond acceptors (Lipinski definition) is 6. The minimum atomic E-state index is -0.492. The van der Waals surface area contributed by atoms with Crippen molar-refractivity contribution in [3.63, 3.8) is 0 Å². The summed E-state index contributed by atoms with van der Waals surface area (Å²) in [6.07, 6.45) is 2.02. The lowest BCUT2D eigenvalue weighted by atomic mass is 9.73. The van der Waals surface area contributed by atoms with Gasteiger partial charge in [0, 0.05) is 37.3 Å². The van der Waals surface area contributed by atoms with E-state index in [-0.39, 0.29) is 23.7 Å². The fourth-order valence-corrected chi connectivity index (χ4v) is 6.13. The number of ketones is 1. The third-order valence-electron chi connectivity index (χ3n) is 7.65. The molecule has 0 spiro atoms. The van der Waals surface area contributed by atoms with Gasteiger partial charge in [0.05, 0.1) is 47.2 Å². The Morgan fingerprint density at radius 1 is 1.10 bits per heavy atom. The summed E-state index contributed by atoms with van der Waals surface area (Å²) in [4.78, 5) is 31.5. The molecule has 2 aromatic carbocycles. The molecule has 2 aliphatic heterocycles. The molecular weight excluding hydrogens is 535 g/mol. The van der Waals surface area contributed by atoms with E-state index in [1.54, 1.807) is 6.07 Å². The minimum absolute atomic E-state index is 0.0774. The summed E-state index contributed by atoms with van der Waals surface area (Å²) < 4.78 is 5.42. The number of halogens is 2. The number of benzene rings is 2. The van der Waals surface area contributed by atoms with Crippen LogP contribution in [-0.2, 0) is 14.3 Å². The maximum atomic E-state index is 13.8. The van der Waals surface area contributed by atoms with E-state index < -0.39 is 6.04 Å². The minimum Gasteiger partial charge on any atom is -0.379 e. The highest BCUT2D eigenvalue weighted by Gasteiger charge is 2.42. The number of morpholine rings is 1. The number of carbonyl (C=O) groups excluding carboxylic acids is 2. The molecule has 3 aliphatic rings. The van der Waals surface area contributed by atoms with Crippen molar-refractivity contribution in [3.8, 4) is 0 Å². The van der Waals surface area contributed by atoms with Crippen LogP contribution < -0.4 is 15.5 Å². The number of nitrogens with one attached hydrogen (secondary N) is 2. The normalized spacial score (nSPS) is 21.1. The van der Waals surface area contributed by atoms with Crippen LogP contribution in [0.15, 0.2) is 53.7 Å². The van der Waals surface area contributed by atoms with Crippen LogP contribution in [0, 0.1) is 5.41 Å². The fourth-order valence-electron chi connectivity index (χ4n) is 5.82. The molecule has 1 saturated heterocycles. The van der Waals surface area contributed by atoms with Gasteiger partial charge in [-0.3, -0.25) is 14.5 Å². The zero-order valence-corrected chi connectivity index (χ0v) is 24.1. The van der Waals surface area contributed by atoms with E-state index in [1.807, 2.05) is 41.3 Å². The molecule has 9 heteroatoms. The maximum absolute atomic E-state index is 13.8. The number of nitrogens with zero attached hydrogens (tertiary/aromatic N) is 2. The lowest BCUT2D eigenvalue weighted by molar-refractivity contribution is -0.120. The first-order valence-electron chi connectivity index (χ1n) is 13.6. The number of anilines is 2. The highest BCUT2D eigenvalue weighted by atomic mass is 35.5. The van der Waals surface area contributed by atoms with Crippen molar-refractivity contribution in [1.29, 1.82) is 0 Å². The number of carbonyl (C=O) groups is 2. The summed E-state index contributed by atoms with van der Waals surface area (Å²) in [5.74, 6) is -0.0157. The molecule has 2 N–H and O–H groups in total. The molecule has 1 unspecified atom stereocenters. The van der Waals surface area contributed by atoms with Gasteiger partial charge < -0.3 is 20.3 Å². The second kappa shape index (κ2) is 11.9. The van der Waals surface area contributed by atoms with E-state index in [9.17, 15) is 9.59 Å². The summed E-state index contributed by atoms with van der Waals surface area (Å²) in [5, 5.41) is 7.54. The van der Waals surface area contributed by atoms with E-state index in [2.05, 4.69) is 29.4 Å². The predicted octanol–water partition coefficient (Wildman–Crippen LogP) is 5.45. The van der Waals surface area contributed by atoms with Crippen molar-refractivity contribution in [1.82, 2.24) is 10.2 Å². The van der Waals surface area contributed by atoms with Crippen molar-refractivity contribution < 1.29 is 14.3 Å². The van der Waals surface area contributed by atoms with Crippen LogP contribution in [0.5, 0.6) is 0 Å². The van der Waals surface area contributed by atoms with Crippen molar-refractivity contribution in [2.45, 2.75) is 39.2 Å². The number of para-hydroxylation sites is 2. The van der Waals surface area contributed by atoms with Crippen molar-refractivity contribution >= 4 is 46.3 Å². The van der Waals surface area contributed by atoms with Crippen LogP contribution in [0.4, 0.5) is 11.4 Å². The Morgan fingerprint density at radius 3 is 2.64 bits per heavy atom. The van der Waals surface area contributed by atoms with Gasteiger partial charge in [-0.1, -0.05) is 55.2 Å². The summed E-state index contributed by atoms with van der Waals surface area (Å²) in [7, 11) is 0. The summed E-state index contributed by atoms with van der Waals surface area (Å²) in [5.41, 5.74) is 3.96. The van der Waals surface area contributed by atoms with E-state index in [1.165, 1.54) is 0 Å². The summed E-state index contributed by atoms with van der Waals surface area (Å²) >= 11 is 12.7. The summed E-state index contributed by atoms with van der Waals surface area (Å²) in [6.45, 7) is 9.21. The first-order chi connectivity index (χ1) is 18.7. The molecule has 1 amide bonds. The van der Waals surface area contributed by atoms with Gasteiger partial charge in [0.1, 0.15) is 0 Å². The second-order valence-electron chi connectivity index (χ2n) is 11.3. The van der Waals surface area contributed by atoms with Crippen LogP contribution >= 0.6 is 23.2 Å². The molecule has 2 aromatic rings. The Bertz CT molecular complexity index is 1270. The van der Waals surface area contributed by atoms with Crippen molar-refractivity contribution in [2.75, 3.05) is 56.2 Å². The first kappa shape index (κ1) is 28.0. The number of amides is 1. The molecule has 0 saturated carbocycles. The van der Waals surface area contributed by atoms with E-state index in [4.69, 9.17) is 27.9 Å². The van der Waals surface area contributed by atoms with Gasteiger partial charge in [0.25, 0.3) is 0 Å². The number of hydrogen-bond donors (Lipinski definition) is 2. The number of rotatable bonds is 7. The molecule has 7 nitrogen and oxygen atoms in total. The second-order valence-corrected chi connectivity index (χ2v) is 12.2. The topological polar surface area (TPSA) is 73.9 Å². The summed E-state index contributed by atoms with van der Waals surface area (Å²) in [6, 6.07) is 12.9. The van der Waals surface area contributed by atoms with Gasteiger partial charge in [0.15, 0.2) is 5.78 Å². The number of ether oxygens (including phenoxy) is 1. The molecule has 1 aliphatic carbocycles. The first-order valence-corrected chi connectivity index (χ1v) is 14.4. The quantitative estimate of drug-likeness (QED) is 0.431. The van der Waals surface area contributed by atoms with E-state index >= 15 is 0 Å². The van der Waals surface area contributed by atoms with Crippen molar-refractivity contribution in [2.24, 2.45) is 5.41 Å². The van der Waals surface area contributed by atoms with Gasteiger partial charge >= 0.3 is 0 Å². The SMILES string of the molecule is CC1(C)CC(=O)C2=C(C1)Nc1ccccc1N(CC(=O)NCCCN1CCOCC1)C2c1ccc(Cl)c(Cl)c1. The molecular formula is C30H36Cl2N4O3. The number of Topliss-reactive ketones (excluding diaryl/α,β-unsaturated/α-hetero) is 1. The van der Waals surface area contributed by atoms with Crippen molar-refractivity contribution in [3.05, 3.63) is 69.3 Å². The van der Waals surface area contributed by atoms with Crippen LogP contribution in [0.3, 0.4) is 0 Å². The van der Waals surface area contributed by atoms with Crippen LogP contribution in [-0.4, -0.2) is 62.5 Å². The highest BCUT2D eigenvalue weighted by Crippen LogP contribution is 2.48. The van der Waals surface area contributed by atoms with E-state index in [0.29, 0.717) is 28.6 Å². The van der Waals surface area contributed by atoms with Gasteiger partial charge in [-0.25, -0.2) is 0 Å². The predicted molar refractivity (Wildman–Crippen MR) is 157 cm³/mol. The largest absolute Gasteiger partial charge is 0.379 e. The molecule has 0 radical (unpaired) electrons. The van der Waals surface area contributed by atoms with Crippen LogP contribution in [0.25, 0.3) is 0 Å². The molecule has 39 heavy (non-hydrogen) atoms. The maximum Gasteiger partial charge on any atom is 0.239 e. The number of allylic oxidation sites excluding steroid dienone is 1. The Morgan fingerprint density at radius 2 is 1.87 bits per heavy atom. The Balaban J connectivity index is 1.46. The zero-order valence-electron chi connectivity index (χ0n) is 22.6. The molecule has 2 heterocycles. The smallest absolute Gasteiger partial charge is 0.239 e. The highest BCUT2D eigenvalue weighted by molar-refractivity contribution is 6.42. The lowest BCUT2D eigenvalue weighted by Gasteiger charge is -2.38. The Hall–Kier alpha value is -2.58. The number of fused-ring (bicyclic) bond motifs is 1. The zero-order chi connectivity index (χ0) is 27.6. The molecule has 0 aromatic heterocycles. The van der Waals surface area contributed by atoms with Gasteiger partial charge in [0.2, 0.25) is 5.91 Å². The monoisotopic (exact) mass is 570 g/mol. The van der Waals surface area contributed by atoms with Gasteiger partial charge in [-0.2, -0.15) is 0 Å². The molecule has 1 atom stereocenters. The van der Waals surface area contributed by atoms with Crippen LogP contribution in [0.1, 0.15) is 44.7 Å². The average molecular weight is 572 g/mol. The van der Waals surface area contributed by atoms with Crippen LogP contribution in [0.2, 0.25) is 10.0 Å². The molecule has 5 rings (SSSR count). The molecule has 208 valence electrons. The van der Waals surface area contributed by atoms with E-state index in [0.717, 1.165) is 68.3 Å². The Labute approximate surface area is 240 Å². The molecule has 1 fully saturated rings. The standard InChI is InChI=1S/C30H36Cl2N4O3/c1-30(2)17-24-28(26(37)18-30)29(20-8-9-21(31)22(32)16-20)36(25-7-4-3-6-23(25)34-24)19-27(38)33-10-5-11-35-12-14-39-15-13-35/h3-4,6-9,16,29,34H,5,10-15,17-19H2,1-2H3,(H,33,38). The third kappa shape index (κ3) is 6.43. The Kier molecular flexibility index (Phi) is 8.52. The van der Waals surface area contributed by atoms with Gasteiger partial charge in [-0.05, 0) is 54.6 Å². The lowest BCUT2D eigenvalue weighted by Crippen LogP contribution is -2.43.